The number of hydrogen-bond donors (Lipinski definition) is 1. The van der Waals surface area contributed by atoms with Gasteiger partial charge in [-0.1, -0.05) is 44.0 Å². The van der Waals surface area contributed by atoms with Crippen molar-refractivity contribution in [2.75, 3.05) is 0 Å². The molecule has 1 aromatic rings. The second-order valence-electron chi connectivity index (χ2n) is 6.41. The average Bonchev–Trinajstić information content (AvgIpc) is 3.23. The lowest BCUT2D eigenvalue weighted by molar-refractivity contribution is 0.0755. The van der Waals surface area contributed by atoms with E-state index in [1.165, 1.54) is 44.1 Å². The molecule has 0 saturated heterocycles. The minimum Gasteiger partial charge on any atom is -0.388 e. The van der Waals surface area contributed by atoms with Gasteiger partial charge in [-0.15, -0.1) is 0 Å². The normalized spacial score (nSPS) is 30.1. The fraction of sp³-hybridized carbons (Fsp3) is 0.647. The van der Waals surface area contributed by atoms with E-state index in [0.29, 0.717) is 5.92 Å². The molecule has 0 heterocycles. The Hall–Kier alpha value is -0.820. The molecule has 1 atom stereocenters. The third kappa shape index (κ3) is 2.61. The van der Waals surface area contributed by atoms with Gasteiger partial charge in [-0.25, -0.2) is 0 Å². The van der Waals surface area contributed by atoms with Crippen molar-refractivity contribution in [3.05, 3.63) is 35.4 Å². The van der Waals surface area contributed by atoms with Crippen molar-refractivity contribution in [1.29, 1.82) is 0 Å². The summed E-state index contributed by atoms with van der Waals surface area (Å²) >= 11 is 0. The van der Waals surface area contributed by atoms with Crippen LogP contribution >= 0.6 is 0 Å². The van der Waals surface area contributed by atoms with Gasteiger partial charge in [0.2, 0.25) is 0 Å². The van der Waals surface area contributed by atoms with E-state index in [2.05, 4.69) is 31.2 Å². The van der Waals surface area contributed by atoms with E-state index in [4.69, 9.17) is 0 Å². The van der Waals surface area contributed by atoms with E-state index in [1.54, 1.807) is 0 Å². The van der Waals surface area contributed by atoms with E-state index in [9.17, 15) is 5.11 Å². The van der Waals surface area contributed by atoms with Gasteiger partial charge in [0.1, 0.15) is 0 Å². The maximum atomic E-state index is 10.6. The molecular formula is C17H24O. The van der Waals surface area contributed by atoms with Gasteiger partial charge < -0.3 is 5.11 Å². The Morgan fingerprint density at radius 1 is 1.06 bits per heavy atom. The maximum absolute atomic E-state index is 10.6. The van der Waals surface area contributed by atoms with E-state index < -0.39 is 0 Å². The summed E-state index contributed by atoms with van der Waals surface area (Å²) in [5, 5.41) is 10.6. The molecule has 0 aliphatic heterocycles. The molecule has 1 N–H and O–H groups in total. The third-order valence-corrected chi connectivity index (χ3v) is 4.81. The summed E-state index contributed by atoms with van der Waals surface area (Å²) in [5.74, 6) is 2.12. The minimum atomic E-state index is -0.240. The third-order valence-electron chi connectivity index (χ3n) is 4.81. The predicted octanol–water partition coefficient (Wildman–Crippen LogP) is 4.42. The summed E-state index contributed by atoms with van der Waals surface area (Å²) in [5.41, 5.74) is 2.59. The van der Waals surface area contributed by atoms with Crippen LogP contribution in [0.3, 0.4) is 0 Å². The van der Waals surface area contributed by atoms with Crippen LogP contribution in [-0.4, -0.2) is 5.11 Å². The highest BCUT2D eigenvalue weighted by molar-refractivity contribution is 5.30. The van der Waals surface area contributed by atoms with Crippen molar-refractivity contribution in [1.82, 2.24) is 0 Å². The zero-order chi connectivity index (χ0) is 12.5. The van der Waals surface area contributed by atoms with E-state index in [1.807, 2.05) is 0 Å². The van der Waals surface area contributed by atoms with Crippen LogP contribution in [0.15, 0.2) is 24.3 Å². The molecule has 1 heteroatoms. The van der Waals surface area contributed by atoms with Crippen molar-refractivity contribution in [3.63, 3.8) is 0 Å². The summed E-state index contributed by atoms with van der Waals surface area (Å²) in [4.78, 5) is 0. The Morgan fingerprint density at radius 2 is 1.78 bits per heavy atom. The molecule has 0 spiro atoms. The van der Waals surface area contributed by atoms with Crippen molar-refractivity contribution in [3.8, 4) is 0 Å². The quantitative estimate of drug-likeness (QED) is 0.834. The van der Waals surface area contributed by atoms with Crippen LogP contribution in [0.25, 0.3) is 0 Å². The molecular weight excluding hydrogens is 220 g/mol. The lowest BCUT2D eigenvalue weighted by Crippen LogP contribution is -2.19. The topological polar surface area (TPSA) is 20.2 Å². The molecule has 1 nitrogen and oxygen atoms in total. The van der Waals surface area contributed by atoms with Gasteiger partial charge >= 0.3 is 0 Å². The molecule has 0 radical (unpaired) electrons. The zero-order valence-electron chi connectivity index (χ0n) is 11.3. The molecule has 1 unspecified atom stereocenters. The first-order valence-corrected chi connectivity index (χ1v) is 7.52. The summed E-state index contributed by atoms with van der Waals surface area (Å²) in [6.45, 7) is 2.33. The van der Waals surface area contributed by atoms with Crippen LogP contribution in [0.5, 0.6) is 0 Å². The van der Waals surface area contributed by atoms with Gasteiger partial charge in [-0.2, -0.15) is 0 Å². The van der Waals surface area contributed by atoms with E-state index >= 15 is 0 Å². The van der Waals surface area contributed by atoms with Crippen LogP contribution in [0.4, 0.5) is 0 Å². The van der Waals surface area contributed by atoms with Gasteiger partial charge in [0.25, 0.3) is 0 Å². The first-order chi connectivity index (χ1) is 8.74. The van der Waals surface area contributed by atoms with Crippen molar-refractivity contribution < 1.29 is 5.11 Å². The van der Waals surface area contributed by atoms with Crippen LogP contribution in [0.1, 0.15) is 68.6 Å². The number of aliphatic hydroxyl groups excluding tert-OH is 1. The highest BCUT2D eigenvalue weighted by atomic mass is 16.3. The molecule has 98 valence electrons. The first-order valence-electron chi connectivity index (χ1n) is 7.52. The fourth-order valence-corrected chi connectivity index (χ4v) is 3.29. The molecule has 18 heavy (non-hydrogen) atoms. The van der Waals surface area contributed by atoms with Crippen LogP contribution in [0, 0.1) is 11.8 Å². The average molecular weight is 244 g/mol. The first kappa shape index (κ1) is 12.2. The van der Waals surface area contributed by atoms with Gasteiger partial charge in [0.15, 0.2) is 0 Å². The molecule has 0 aromatic heterocycles. The highest BCUT2D eigenvalue weighted by Crippen LogP contribution is 2.42. The lowest BCUT2D eigenvalue weighted by atomic mass is 9.78. The van der Waals surface area contributed by atoms with Crippen molar-refractivity contribution >= 4 is 0 Å². The highest BCUT2D eigenvalue weighted by Gasteiger charge is 2.27. The number of aliphatic hydroxyl groups is 1. The zero-order valence-corrected chi connectivity index (χ0v) is 11.3. The van der Waals surface area contributed by atoms with E-state index in [-0.39, 0.29) is 6.10 Å². The molecule has 2 aliphatic carbocycles. The molecule has 0 amide bonds. The van der Waals surface area contributed by atoms with Crippen LogP contribution < -0.4 is 0 Å². The van der Waals surface area contributed by atoms with Crippen molar-refractivity contribution in [2.24, 2.45) is 11.8 Å². The molecule has 2 aliphatic rings. The fourth-order valence-electron chi connectivity index (χ4n) is 3.29. The summed E-state index contributed by atoms with van der Waals surface area (Å²) in [6.07, 6.45) is 7.37. The Bertz CT molecular complexity index is 400. The Morgan fingerprint density at radius 3 is 2.44 bits per heavy atom. The monoisotopic (exact) mass is 244 g/mol. The second kappa shape index (κ2) is 5.05. The SMILES string of the molecule is CC1CCC(C(O)c2cccc(C3CC3)c2)CC1. The summed E-state index contributed by atoms with van der Waals surface area (Å²) < 4.78 is 0. The van der Waals surface area contributed by atoms with Crippen molar-refractivity contribution in [2.45, 2.75) is 57.5 Å². The number of benzene rings is 1. The van der Waals surface area contributed by atoms with Gasteiger partial charge in [0.05, 0.1) is 6.10 Å². The lowest BCUT2D eigenvalue weighted by Gasteiger charge is -2.30. The second-order valence-corrected chi connectivity index (χ2v) is 6.41. The molecule has 0 bridgehead atoms. The molecule has 2 fully saturated rings. The largest absolute Gasteiger partial charge is 0.388 e. The van der Waals surface area contributed by atoms with E-state index in [0.717, 1.165) is 17.4 Å². The predicted molar refractivity (Wildman–Crippen MR) is 74.5 cm³/mol. The molecule has 3 rings (SSSR count). The standard InChI is InChI=1S/C17H24O/c1-12-5-7-14(8-6-12)17(18)16-4-2-3-15(11-16)13-9-10-13/h2-4,11-14,17-18H,5-10H2,1H3. The minimum absolute atomic E-state index is 0.240. The Balaban J connectivity index is 1.71. The molecule has 2 saturated carbocycles. The Kier molecular flexibility index (Phi) is 3.43. The van der Waals surface area contributed by atoms with Crippen LogP contribution in [-0.2, 0) is 0 Å². The van der Waals surface area contributed by atoms with Gasteiger partial charge in [0, 0.05) is 0 Å². The summed E-state index contributed by atoms with van der Waals surface area (Å²) in [7, 11) is 0. The van der Waals surface area contributed by atoms with Gasteiger partial charge in [-0.3, -0.25) is 0 Å². The number of hydrogen-bond acceptors (Lipinski definition) is 1. The number of rotatable bonds is 3. The van der Waals surface area contributed by atoms with Crippen LogP contribution in [0.2, 0.25) is 0 Å². The maximum Gasteiger partial charge on any atom is 0.0818 e. The van der Waals surface area contributed by atoms with Gasteiger partial charge in [-0.05, 0) is 54.6 Å². The Labute approximate surface area is 110 Å². The smallest absolute Gasteiger partial charge is 0.0818 e. The summed E-state index contributed by atoms with van der Waals surface area (Å²) in [6, 6.07) is 8.70. The molecule has 1 aromatic carbocycles.